The Hall–Kier alpha value is -4.06. The number of benzene rings is 1. The second-order valence-electron chi connectivity index (χ2n) is 8.30. The summed E-state index contributed by atoms with van der Waals surface area (Å²) in [6.45, 7) is 6.75. The van der Waals surface area contributed by atoms with Crippen LogP contribution >= 0.6 is 0 Å². The molecular formula is C24H24FN5O3. The van der Waals surface area contributed by atoms with Crippen LogP contribution in [0.4, 0.5) is 10.1 Å². The number of hydrogen-bond donors (Lipinski definition) is 2. The van der Waals surface area contributed by atoms with Gasteiger partial charge >= 0.3 is 0 Å². The van der Waals surface area contributed by atoms with Gasteiger partial charge in [-0.05, 0) is 51.5 Å². The van der Waals surface area contributed by atoms with E-state index in [0.29, 0.717) is 23.4 Å². The lowest BCUT2D eigenvalue weighted by molar-refractivity contribution is -0.118. The molecule has 2 amide bonds. The fraction of sp³-hybridized carbons (Fsp3) is 0.292. The van der Waals surface area contributed by atoms with Gasteiger partial charge in [0.05, 0.1) is 22.4 Å². The lowest BCUT2D eigenvalue weighted by Gasteiger charge is -2.25. The van der Waals surface area contributed by atoms with Crippen LogP contribution in [-0.4, -0.2) is 33.9 Å². The number of Topliss-reactive ketones (excluding diaryl/α,β-unsaturated/α-hetero) is 1. The van der Waals surface area contributed by atoms with Crippen LogP contribution in [-0.2, 0) is 11.8 Å². The lowest BCUT2D eigenvalue weighted by atomic mass is 9.98. The molecule has 1 aliphatic heterocycles. The van der Waals surface area contributed by atoms with E-state index in [9.17, 15) is 18.8 Å². The molecule has 0 spiro atoms. The first-order valence-corrected chi connectivity index (χ1v) is 10.2. The summed E-state index contributed by atoms with van der Waals surface area (Å²) in [4.78, 5) is 43.0. The van der Waals surface area contributed by atoms with Crippen molar-refractivity contribution in [1.82, 2.24) is 9.88 Å². The number of carbonyl (C=O) groups is 3. The second-order valence-corrected chi connectivity index (χ2v) is 8.30. The molecule has 1 aromatic carbocycles. The van der Waals surface area contributed by atoms with Crippen molar-refractivity contribution in [3.05, 3.63) is 63.9 Å². The molecular weight excluding hydrogens is 425 g/mol. The molecule has 8 nitrogen and oxygen atoms in total. The Bertz CT molecular complexity index is 1280. The Labute approximate surface area is 190 Å². The Balaban J connectivity index is 1.87. The molecule has 0 aliphatic carbocycles. The van der Waals surface area contributed by atoms with Crippen LogP contribution < -0.4 is 10.6 Å². The highest BCUT2D eigenvalue weighted by atomic mass is 19.1. The van der Waals surface area contributed by atoms with Gasteiger partial charge in [0.1, 0.15) is 17.6 Å². The average Bonchev–Trinajstić information content (AvgIpc) is 3.37. The minimum Gasteiger partial charge on any atom is -0.343 e. The quantitative estimate of drug-likeness (QED) is 0.520. The zero-order valence-electron chi connectivity index (χ0n) is 19.0. The van der Waals surface area contributed by atoms with Crippen LogP contribution in [0.15, 0.2) is 35.0 Å². The van der Waals surface area contributed by atoms with E-state index in [1.165, 1.54) is 16.7 Å². The van der Waals surface area contributed by atoms with Crippen LogP contribution in [0.2, 0.25) is 0 Å². The van der Waals surface area contributed by atoms with Gasteiger partial charge in [0.25, 0.3) is 17.6 Å². The largest absolute Gasteiger partial charge is 0.343 e. The molecule has 170 valence electrons. The van der Waals surface area contributed by atoms with E-state index in [4.69, 9.17) is 5.26 Å². The van der Waals surface area contributed by atoms with Crippen LogP contribution in [0.1, 0.15) is 57.9 Å². The van der Waals surface area contributed by atoms with Gasteiger partial charge in [0, 0.05) is 31.1 Å². The average molecular weight is 449 g/mol. The number of allylic oxidation sites excluding steroid dienone is 1. The predicted octanol–water partition coefficient (Wildman–Crippen LogP) is 3.34. The number of ketones is 1. The molecule has 1 aromatic heterocycles. The Morgan fingerprint density at radius 2 is 1.94 bits per heavy atom. The van der Waals surface area contributed by atoms with Crippen molar-refractivity contribution in [2.45, 2.75) is 39.7 Å². The van der Waals surface area contributed by atoms with E-state index in [-0.39, 0.29) is 22.5 Å². The van der Waals surface area contributed by atoms with Crippen LogP contribution in [0, 0.1) is 31.0 Å². The van der Waals surface area contributed by atoms with E-state index in [0.717, 1.165) is 6.07 Å². The SMILES string of the molecule is Cc1c(C(=O)C(=O)NC(C)(C)C2=CCC=N2)c(C)n(C)c1C(=O)Nc1ccc(F)c(C#N)c1. The summed E-state index contributed by atoms with van der Waals surface area (Å²) in [6.07, 6.45) is 4.27. The van der Waals surface area contributed by atoms with Gasteiger partial charge < -0.3 is 15.2 Å². The number of aliphatic imine (C=N–C) groups is 1. The minimum absolute atomic E-state index is 0.136. The third kappa shape index (κ3) is 4.46. The molecule has 0 atom stereocenters. The third-order valence-electron chi connectivity index (χ3n) is 5.64. The molecule has 0 fully saturated rings. The number of nitrogens with one attached hydrogen (secondary N) is 2. The van der Waals surface area contributed by atoms with Gasteiger partial charge in [-0.1, -0.05) is 6.08 Å². The summed E-state index contributed by atoms with van der Waals surface area (Å²) >= 11 is 0. The Kier molecular flexibility index (Phi) is 6.31. The van der Waals surface area contributed by atoms with Gasteiger partial charge in [-0.25, -0.2) is 4.39 Å². The Morgan fingerprint density at radius 1 is 1.24 bits per heavy atom. The van der Waals surface area contributed by atoms with Crippen LogP contribution in [0.3, 0.4) is 0 Å². The number of carbonyl (C=O) groups excluding carboxylic acids is 3. The van der Waals surface area contributed by atoms with E-state index in [1.807, 2.05) is 6.08 Å². The standard InChI is InChI=1S/C24H24FN5O3/c1-13-19(21(31)23(33)29-24(3,4)18-7-6-10-27-18)14(2)30(5)20(13)22(32)28-16-8-9-17(25)15(11-16)12-26/h7-11H,6H2,1-5H3,(H,28,32)(H,29,33). The summed E-state index contributed by atoms with van der Waals surface area (Å²) in [5.41, 5.74) is 0.958. The molecule has 0 saturated heterocycles. The maximum atomic E-state index is 13.6. The number of hydrogen-bond acceptors (Lipinski definition) is 5. The molecule has 1 aliphatic rings. The van der Waals surface area contributed by atoms with Gasteiger partial charge in [-0.3, -0.25) is 19.4 Å². The second kappa shape index (κ2) is 8.82. The first-order chi connectivity index (χ1) is 15.5. The monoisotopic (exact) mass is 449 g/mol. The Morgan fingerprint density at radius 3 is 2.55 bits per heavy atom. The van der Waals surface area contributed by atoms with Crippen molar-refractivity contribution in [3.63, 3.8) is 0 Å². The first-order valence-electron chi connectivity index (χ1n) is 10.2. The van der Waals surface area contributed by atoms with E-state index >= 15 is 0 Å². The van der Waals surface area contributed by atoms with E-state index in [2.05, 4.69) is 15.6 Å². The summed E-state index contributed by atoms with van der Waals surface area (Å²) in [7, 11) is 1.61. The molecule has 0 saturated carbocycles. The molecule has 2 heterocycles. The molecule has 0 radical (unpaired) electrons. The smallest absolute Gasteiger partial charge is 0.293 e. The lowest BCUT2D eigenvalue weighted by Crippen LogP contribution is -2.47. The molecule has 2 N–H and O–H groups in total. The first kappa shape index (κ1) is 23.6. The number of nitriles is 1. The number of anilines is 1. The molecule has 9 heteroatoms. The fourth-order valence-corrected chi connectivity index (χ4v) is 3.82. The number of rotatable bonds is 6. The topological polar surface area (TPSA) is 116 Å². The fourth-order valence-electron chi connectivity index (χ4n) is 3.82. The third-order valence-corrected chi connectivity index (χ3v) is 5.64. The highest BCUT2D eigenvalue weighted by molar-refractivity contribution is 6.43. The predicted molar refractivity (Wildman–Crippen MR) is 122 cm³/mol. The molecule has 2 aromatic rings. The van der Waals surface area contributed by atoms with Crippen molar-refractivity contribution >= 4 is 29.5 Å². The zero-order valence-corrected chi connectivity index (χ0v) is 19.0. The number of amides is 2. The van der Waals surface area contributed by atoms with Gasteiger partial charge in [-0.15, -0.1) is 0 Å². The maximum Gasteiger partial charge on any atom is 0.293 e. The summed E-state index contributed by atoms with van der Waals surface area (Å²) < 4.78 is 15.1. The number of halogens is 1. The normalized spacial score (nSPS) is 12.8. The number of aromatic nitrogens is 1. The highest BCUT2D eigenvalue weighted by Gasteiger charge is 2.33. The zero-order chi connectivity index (χ0) is 24.5. The summed E-state index contributed by atoms with van der Waals surface area (Å²) in [5, 5.41) is 14.3. The maximum absolute atomic E-state index is 13.6. The van der Waals surface area contributed by atoms with Gasteiger partial charge in [0.2, 0.25) is 0 Å². The minimum atomic E-state index is -0.836. The number of nitrogens with zero attached hydrogens (tertiary/aromatic N) is 3. The molecule has 3 rings (SSSR count). The summed E-state index contributed by atoms with van der Waals surface area (Å²) in [6, 6.07) is 5.36. The van der Waals surface area contributed by atoms with Gasteiger partial charge in [0.15, 0.2) is 0 Å². The molecule has 0 bridgehead atoms. The van der Waals surface area contributed by atoms with Crippen molar-refractivity contribution < 1.29 is 18.8 Å². The van der Waals surface area contributed by atoms with Crippen molar-refractivity contribution in [2.24, 2.45) is 12.0 Å². The van der Waals surface area contributed by atoms with Crippen LogP contribution in [0.25, 0.3) is 0 Å². The van der Waals surface area contributed by atoms with Crippen LogP contribution in [0.5, 0.6) is 0 Å². The van der Waals surface area contributed by atoms with Gasteiger partial charge in [-0.2, -0.15) is 5.26 Å². The van der Waals surface area contributed by atoms with E-state index < -0.39 is 29.0 Å². The highest BCUT2D eigenvalue weighted by Crippen LogP contribution is 2.25. The van der Waals surface area contributed by atoms with Crippen molar-refractivity contribution in [1.29, 1.82) is 5.26 Å². The van der Waals surface area contributed by atoms with Crippen molar-refractivity contribution in [3.8, 4) is 6.07 Å². The summed E-state index contributed by atoms with van der Waals surface area (Å²) in [5.74, 6) is -2.81. The van der Waals surface area contributed by atoms with E-state index in [1.54, 1.807) is 47.0 Å². The molecule has 33 heavy (non-hydrogen) atoms. The van der Waals surface area contributed by atoms with Crippen molar-refractivity contribution in [2.75, 3.05) is 5.32 Å². The molecule has 0 unspecified atom stereocenters.